The fourth-order valence-electron chi connectivity index (χ4n) is 1.69. The molecule has 0 spiro atoms. The normalized spacial score (nSPS) is 15.8. The van der Waals surface area contributed by atoms with Crippen molar-refractivity contribution in [2.75, 3.05) is 0 Å². The summed E-state index contributed by atoms with van der Waals surface area (Å²) in [7, 11) is 0. The van der Waals surface area contributed by atoms with E-state index in [-0.39, 0.29) is 0 Å². The third-order valence-corrected chi connectivity index (χ3v) is 2.89. The highest BCUT2D eigenvalue weighted by molar-refractivity contribution is 5.67. The van der Waals surface area contributed by atoms with Crippen LogP contribution < -0.4 is 0 Å². The van der Waals surface area contributed by atoms with E-state index in [2.05, 4.69) is 27.7 Å². The Morgan fingerprint density at radius 2 is 1.85 bits per heavy atom. The van der Waals surface area contributed by atoms with Crippen molar-refractivity contribution in [3.8, 4) is 0 Å². The minimum atomic E-state index is -0.661. The molecule has 0 aliphatic heterocycles. The van der Waals surface area contributed by atoms with Crippen LogP contribution in [0.15, 0.2) is 0 Å². The number of carboxylic acid groups (broad SMARTS) is 1. The molecule has 2 atom stereocenters. The van der Waals surface area contributed by atoms with Crippen molar-refractivity contribution in [2.24, 2.45) is 17.8 Å². The van der Waals surface area contributed by atoms with Crippen molar-refractivity contribution in [3.05, 3.63) is 0 Å². The highest BCUT2D eigenvalue weighted by Gasteiger charge is 2.21. The SMILES string of the molecule is CCC[C@H](CC(=O)O)[C@H](C)C(C)C. The van der Waals surface area contributed by atoms with Crippen molar-refractivity contribution >= 4 is 5.97 Å². The van der Waals surface area contributed by atoms with Gasteiger partial charge in [-0.05, 0) is 24.2 Å². The first-order valence-corrected chi connectivity index (χ1v) is 5.20. The van der Waals surface area contributed by atoms with Crippen molar-refractivity contribution in [3.63, 3.8) is 0 Å². The first-order valence-electron chi connectivity index (χ1n) is 5.20. The average Bonchev–Trinajstić information content (AvgIpc) is 2.01. The zero-order valence-corrected chi connectivity index (χ0v) is 9.21. The Bertz CT molecular complexity index is 152. The van der Waals surface area contributed by atoms with E-state index in [1.807, 2.05) is 0 Å². The van der Waals surface area contributed by atoms with Crippen LogP contribution in [0.2, 0.25) is 0 Å². The first kappa shape index (κ1) is 12.5. The topological polar surface area (TPSA) is 37.3 Å². The molecule has 0 aliphatic carbocycles. The fourth-order valence-corrected chi connectivity index (χ4v) is 1.69. The Kier molecular flexibility index (Phi) is 5.76. The van der Waals surface area contributed by atoms with Crippen molar-refractivity contribution in [2.45, 2.75) is 47.0 Å². The van der Waals surface area contributed by atoms with E-state index in [0.29, 0.717) is 24.2 Å². The second-order valence-corrected chi connectivity index (χ2v) is 4.25. The van der Waals surface area contributed by atoms with Crippen molar-refractivity contribution in [1.29, 1.82) is 0 Å². The van der Waals surface area contributed by atoms with Gasteiger partial charge in [0.25, 0.3) is 0 Å². The molecular weight excluding hydrogens is 164 g/mol. The molecule has 0 amide bonds. The van der Waals surface area contributed by atoms with Gasteiger partial charge in [0.2, 0.25) is 0 Å². The van der Waals surface area contributed by atoms with Gasteiger partial charge in [-0.3, -0.25) is 4.79 Å². The van der Waals surface area contributed by atoms with Crippen molar-refractivity contribution < 1.29 is 9.90 Å². The van der Waals surface area contributed by atoms with Crippen LogP contribution in [0.25, 0.3) is 0 Å². The van der Waals surface area contributed by atoms with Gasteiger partial charge in [-0.15, -0.1) is 0 Å². The Labute approximate surface area is 81.3 Å². The van der Waals surface area contributed by atoms with Gasteiger partial charge in [-0.2, -0.15) is 0 Å². The summed E-state index contributed by atoms with van der Waals surface area (Å²) in [5, 5.41) is 8.74. The molecule has 0 radical (unpaired) electrons. The summed E-state index contributed by atoms with van der Waals surface area (Å²) in [4.78, 5) is 10.6. The second kappa shape index (κ2) is 6.01. The highest BCUT2D eigenvalue weighted by atomic mass is 16.4. The van der Waals surface area contributed by atoms with Gasteiger partial charge in [-0.1, -0.05) is 34.1 Å². The molecule has 78 valence electrons. The molecule has 0 fully saturated rings. The highest BCUT2D eigenvalue weighted by Crippen LogP contribution is 2.27. The molecule has 0 heterocycles. The average molecular weight is 186 g/mol. The zero-order chi connectivity index (χ0) is 10.4. The molecule has 0 aliphatic rings. The van der Waals surface area contributed by atoms with E-state index >= 15 is 0 Å². The van der Waals surface area contributed by atoms with Crippen LogP contribution in [-0.4, -0.2) is 11.1 Å². The summed E-state index contributed by atoms with van der Waals surface area (Å²) in [6, 6.07) is 0. The third-order valence-electron chi connectivity index (χ3n) is 2.89. The molecule has 1 N–H and O–H groups in total. The third kappa shape index (κ3) is 4.91. The van der Waals surface area contributed by atoms with E-state index in [0.717, 1.165) is 12.8 Å². The van der Waals surface area contributed by atoms with Gasteiger partial charge in [0.05, 0.1) is 0 Å². The minimum Gasteiger partial charge on any atom is -0.481 e. The van der Waals surface area contributed by atoms with Crippen LogP contribution in [0.3, 0.4) is 0 Å². The second-order valence-electron chi connectivity index (χ2n) is 4.25. The zero-order valence-electron chi connectivity index (χ0n) is 9.21. The van der Waals surface area contributed by atoms with Crippen LogP contribution in [0, 0.1) is 17.8 Å². The molecule has 2 heteroatoms. The van der Waals surface area contributed by atoms with Crippen LogP contribution in [0.4, 0.5) is 0 Å². The summed E-state index contributed by atoms with van der Waals surface area (Å²) >= 11 is 0. The molecule has 13 heavy (non-hydrogen) atoms. The standard InChI is InChI=1S/C11H22O2/c1-5-6-10(7-11(12)13)9(4)8(2)3/h8-10H,5-7H2,1-4H3,(H,12,13)/t9-,10-/m1/s1. The monoisotopic (exact) mass is 186 g/mol. The van der Waals surface area contributed by atoms with Crippen LogP contribution in [0.1, 0.15) is 47.0 Å². The Morgan fingerprint density at radius 3 is 2.15 bits per heavy atom. The van der Waals surface area contributed by atoms with Crippen LogP contribution in [-0.2, 0) is 4.79 Å². The predicted molar refractivity (Wildman–Crippen MR) is 54.7 cm³/mol. The van der Waals surface area contributed by atoms with Gasteiger partial charge >= 0.3 is 5.97 Å². The lowest BCUT2D eigenvalue weighted by molar-refractivity contribution is -0.138. The lowest BCUT2D eigenvalue weighted by Gasteiger charge is -2.25. The molecule has 0 bridgehead atoms. The smallest absolute Gasteiger partial charge is 0.303 e. The van der Waals surface area contributed by atoms with Crippen LogP contribution >= 0.6 is 0 Å². The van der Waals surface area contributed by atoms with Gasteiger partial charge < -0.3 is 5.11 Å². The van der Waals surface area contributed by atoms with Gasteiger partial charge in [0, 0.05) is 6.42 Å². The lowest BCUT2D eigenvalue weighted by atomic mass is 9.80. The summed E-state index contributed by atoms with van der Waals surface area (Å²) in [6.45, 7) is 8.60. The van der Waals surface area contributed by atoms with E-state index in [1.165, 1.54) is 0 Å². The first-order chi connectivity index (χ1) is 5.99. The predicted octanol–water partition coefficient (Wildman–Crippen LogP) is 3.17. The molecule has 0 aromatic carbocycles. The van der Waals surface area contributed by atoms with Gasteiger partial charge in [0.15, 0.2) is 0 Å². The van der Waals surface area contributed by atoms with Crippen LogP contribution in [0.5, 0.6) is 0 Å². The molecule has 2 nitrogen and oxygen atoms in total. The van der Waals surface area contributed by atoms with E-state index < -0.39 is 5.97 Å². The summed E-state index contributed by atoms with van der Waals surface area (Å²) < 4.78 is 0. The fraction of sp³-hybridized carbons (Fsp3) is 0.909. The van der Waals surface area contributed by atoms with Gasteiger partial charge in [-0.25, -0.2) is 0 Å². The summed E-state index contributed by atoms with van der Waals surface area (Å²) in [5.41, 5.74) is 0. The number of aliphatic carboxylic acids is 1. The number of rotatable bonds is 6. The van der Waals surface area contributed by atoms with Gasteiger partial charge in [0.1, 0.15) is 0 Å². The Morgan fingerprint density at radius 1 is 1.31 bits per heavy atom. The summed E-state index contributed by atoms with van der Waals surface area (Å²) in [6.07, 6.45) is 2.44. The molecule has 0 aromatic rings. The molecule has 0 aromatic heterocycles. The summed E-state index contributed by atoms with van der Waals surface area (Å²) in [5.74, 6) is 0.778. The van der Waals surface area contributed by atoms with E-state index in [4.69, 9.17) is 5.11 Å². The van der Waals surface area contributed by atoms with E-state index in [1.54, 1.807) is 0 Å². The minimum absolute atomic E-state index is 0.327. The molecule has 0 rings (SSSR count). The molecule has 0 saturated heterocycles. The molecular formula is C11H22O2. The maximum Gasteiger partial charge on any atom is 0.303 e. The van der Waals surface area contributed by atoms with Crippen molar-refractivity contribution in [1.82, 2.24) is 0 Å². The maximum absolute atomic E-state index is 10.6. The molecule has 0 unspecified atom stereocenters. The number of carboxylic acids is 1. The Balaban J connectivity index is 4.14. The number of hydrogen-bond donors (Lipinski definition) is 1. The Hall–Kier alpha value is -0.530. The largest absolute Gasteiger partial charge is 0.481 e. The number of carbonyl (C=O) groups is 1. The van der Waals surface area contributed by atoms with E-state index in [9.17, 15) is 4.79 Å². The number of hydrogen-bond acceptors (Lipinski definition) is 1. The molecule has 0 saturated carbocycles. The quantitative estimate of drug-likeness (QED) is 0.691. The lowest BCUT2D eigenvalue weighted by Crippen LogP contribution is -2.20. The maximum atomic E-state index is 10.6.